The number of rotatable bonds is 9. The fourth-order valence-electron chi connectivity index (χ4n) is 5.38. The van der Waals surface area contributed by atoms with Gasteiger partial charge in [0, 0.05) is 28.3 Å². The van der Waals surface area contributed by atoms with Crippen LogP contribution in [-0.2, 0) is 6.54 Å². The first kappa shape index (κ1) is 27.3. The van der Waals surface area contributed by atoms with E-state index >= 15 is 0 Å². The smallest absolute Gasteiger partial charge is 0.254 e. The molecule has 1 saturated heterocycles. The third-order valence-electron chi connectivity index (χ3n) is 7.21. The number of hydrogen-bond donors (Lipinski definition) is 4. The summed E-state index contributed by atoms with van der Waals surface area (Å²) < 4.78 is 6.21. The number of anilines is 4. The molecule has 4 aromatic rings. The zero-order chi connectivity index (χ0) is 28.5. The van der Waals surface area contributed by atoms with E-state index in [-0.39, 0.29) is 18.1 Å². The Kier molecular flexibility index (Phi) is 7.72. The normalized spacial score (nSPS) is 15.7. The number of nitrogens with one attached hydrogen (secondary N) is 4. The Balaban J connectivity index is 1.34. The number of ether oxygens (including phenoxy) is 1. The minimum Gasteiger partial charge on any atom is -0.489 e. The molecule has 0 radical (unpaired) electrons. The molecule has 1 amide bonds. The van der Waals surface area contributed by atoms with E-state index in [0.717, 1.165) is 47.5 Å². The van der Waals surface area contributed by atoms with Crippen LogP contribution in [0.3, 0.4) is 0 Å². The fourth-order valence-corrected chi connectivity index (χ4v) is 6.30. The summed E-state index contributed by atoms with van der Waals surface area (Å²) in [6.07, 6.45) is 3.60. The molecule has 214 valence electrons. The van der Waals surface area contributed by atoms with Crippen LogP contribution in [0.25, 0.3) is 11.0 Å². The van der Waals surface area contributed by atoms with Gasteiger partial charge in [0.25, 0.3) is 5.91 Å². The van der Waals surface area contributed by atoms with Crippen molar-refractivity contribution in [1.29, 1.82) is 0 Å². The van der Waals surface area contributed by atoms with Crippen LogP contribution in [0.4, 0.5) is 23.1 Å². The first-order chi connectivity index (χ1) is 19.9. The molecule has 0 atom stereocenters. The summed E-state index contributed by atoms with van der Waals surface area (Å²) in [6, 6.07) is 12.3. The van der Waals surface area contributed by atoms with E-state index in [2.05, 4.69) is 51.0 Å². The molecule has 2 aliphatic heterocycles. The van der Waals surface area contributed by atoms with Gasteiger partial charge in [-0.15, -0.1) is 11.8 Å². The molecular formula is C30H36N8O2S. The molecule has 1 fully saturated rings. The van der Waals surface area contributed by atoms with Gasteiger partial charge in [-0.1, -0.05) is 26.0 Å². The summed E-state index contributed by atoms with van der Waals surface area (Å²) in [4.78, 5) is 26.2. The number of carbonyl (C=O) groups excluding carboxylic acids is 1. The average molecular weight is 573 g/mol. The standard InChI is InChI=1S/C30H36N8O2S/c1-17(2)40-25-13-19-16-38(20-9-11-31-12-10-20)29(39)21(19)14-24(25)34-30-35-27(22-15-32-37-28(22)36-30)33-23-7-5-6-8-26(23)41-18(3)4/h5-8,13-15,17-18,20,31H,9-12,16H2,1-4H3,(H3,32,33,34,35,36,37). The van der Waals surface area contributed by atoms with E-state index in [4.69, 9.17) is 9.72 Å². The van der Waals surface area contributed by atoms with Gasteiger partial charge in [0.1, 0.15) is 11.6 Å². The fraction of sp³-hybridized carbons (Fsp3) is 0.400. The van der Waals surface area contributed by atoms with Crippen molar-refractivity contribution < 1.29 is 9.53 Å². The molecule has 11 heteroatoms. The van der Waals surface area contributed by atoms with E-state index < -0.39 is 0 Å². The lowest BCUT2D eigenvalue weighted by Gasteiger charge is -2.31. The minimum absolute atomic E-state index is 0.0468. The Bertz CT molecular complexity index is 1560. The molecule has 2 aliphatic rings. The van der Waals surface area contributed by atoms with Crippen molar-refractivity contribution >= 4 is 51.8 Å². The highest BCUT2D eigenvalue weighted by atomic mass is 32.2. The zero-order valence-corrected chi connectivity index (χ0v) is 24.6. The van der Waals surface area contributed by atoms with Crippen LogP contribution in [0.15, 0.2) is 47.5 Å². The van der Waals surface area contributed by atoms with Crippen LogP contribution in [0.1, 0.15) is 56.5 Å². The molecule has 4 N–H and O–H groups in total. The van der Waals surface area contributed by atoms with Crippen molar-refractivity contribution in [2.45, 2.75) is 69.4 Å². The Hall–Kier alpha value is -3.83. The second-order valence-electron chi connectivity index (χ2n) is 11.0. The molecule has 41 heavy (non-hydrogen) atoms. The molecule has 0 saturated carbocycles. The monoisotopic (exact) mass is 572 g/mol. The third kappa shape index (κ3) is 5.82. The lowest BCUT2D eigenvalue weighted by Crippen LogP contribution is -2.43. The lowest BCUT2D eigenvalue weighted by atomic mass is 10.1. The molecular weight excluding hydrogens is 536 g/mol. The number of para-hydroxylation sites is 1. The highest BCUT2D eigenvalue weighted by molar-refractivity contribution is 8.00. The van der Waals surface area contributed by atoms with Crippen LogP contribution < -0.4 is 20.7 Å². The third-order valence-corrected chi connectivity index (χ3v) is 8.29. The van der Waals surface area contributed by atoms with Gasteiger partial charge in [-0.3, -0.25) is 9.89 Å². The Labute approximate surface area is 244 Å². The van der Waals surface area contributed by atoms with Gasteiger partial charge in [-0.2, -0.15) is 15.1 Å². The maximum Gasteiger partial charge on any atom is 0.254 e. The predicted octanol–water partition coefficient (Wildman–Crippen LogP) is 5.84. The summed E-state index contributed by atoms with van der Waals surface area (Å²) >= 11 is 1.79. The van der Waals surface area contributed by atoms with Crippen molar-refractivity contribution in [3.8, 4) is 5.75 Å². The van der Waals surface area contributed by atoms with Crippen LogP contribution in [0, 0.1) is 0 Å². The highest BCUT2D eigenvalue weighted by Crippen LogP contribution is 2.38. The molecule has 4 heterocycles. The summed E-state index contributed by atoms with van der Waals surface area (Å²) in [7, 11) is 0. The SMILES string of the molecule is CC(C)Oc1cc2c(cc1Nc1nc(Nc3ccccc3SC(C)C)c3cn[nH]c3n1)C(=O)N(C1CCNCC1)C2. The maximum absolute atomic E-state index is 13.5. The Morgan fingerprint density at radius 2 is 1.85 bits per heavy atom. The molecule has 2 aromatic carbocycles. The minimum atomic E-state index is -0.0468. The van der Waals surface area contributed by atoms with Crippen molar-refractivity contribution in [2.75, 3.05) is 23.7 Å². The molecule has 0 aliphatic carbocycles. The number of piperidine rings is 1. The number of hydrogen-bond acceptors (Lipinski definition) is 9. The van der Waals surface area contributed by atoms with E-state index in [1.165, 1.54) is 0 Å². The summed E-state index contributed by atoms with van der Waals surface area (Å²) in [5, 5.41) is 18.6. The van der Waals surface area contributed by atoms with Crippen molar-refractivity contribution in [1.82, 2.24) is 30.4 Å². The van der Waals surface area contributed by atoms with Crippen LogP contribution >= 0.6 is 11.8 Å². The topological polar surface area (TPSA) is 120 Å². The summed E-state index contributed by atoms with van der Waals surface area (Å²) in [6.45, 7) is 10.8. The van der Waals surface area contributed by atoms with Crippen LogP contribution in [0.2, 0.25) is 0 Å². The van der Waals surface area contributed by atoms with Crippen molar-refractivity contribution in [3.05, 3.63) is 53.7 Å². The highest BCUT2D eigenvalue weighted by Gasteiger charge is 2.34. The molecule has 2 aromatic heterocycles. The molecule has 0 spiro atoms. The second kappa shape index (κ2) is 11.6. The number of H-pyrrole nitrogens is 1. The number of carbonyl (C=O) groups is 1. The summed E-state index contributed by atoms with van der Waals surface area (Å²) in [5.74, 6) is 1.73. The van der Waals surface area contributed by atoms with Gasteiger partial charge in [0.05, 0.1) is 29.1 Å². The van der Waals surface area contributed by atoms with Gasteiger partial charge in [0.2, 0.25) is 5.95 Å². The Morgan fingerprint density at radius 3 is 2.63 bits per heavy atom. The van der Waals surface area contributed by atoms with E-state index in [1.807, 2.05) is 49.1 Å². The average Bonchev–Trinajstić information content (AvgIpc) is 3.54. The molecule has 10 nitrogen and oxygen atoms in total. The predicted molar refractivity (Wildman–Crippen MR) is 164 cm³/mol. The molecule has 0 bridgehead atoms. The second-order valence-corrected chi connectivity index (χ2v) is 12.6. The number of nitrogens with zero attached hydrogens (tertiary/aromatic N) is 4. The van der Waals surface area contributed by atoms with Gasteiger partial charge in [-0.25, -0.2) is 0 Å². The largest absolute Gasteiger partial charge is 0.489 e. The van der Waals surface area contributed by atoms with Gasteiger partial charge in [0.15, 0.2) is 5.65 Å². The van der Waals surface area contributed by atoms with Crippen molar-refractivity contribution in [3.63, 3.8) is 0 Å². The summed E-state index contributed by atoms with van der Waals surface area (Å²) in [5.41, 5.74) is 3.89. The number of amides is 1. The maximum atomic E-state index is 13.5. The van der Waals surface area contributed by atoms with Crippen LogP contribution in [-0.4, -0.2) is 61.5 Å². The first-order valence-corrected chi connectivity index (χ1v) is 15.1. The number of aromatic amines is 1. The van der Waals surface area contributed by atoms with E-state index in [0.29, 0.717) is 46.2 Å². The lowest BCUT2D eigenvalue weighted by molar-refractivity contribution is 0.0668. The van der Waals surface area contributed by atoms with E-state index in [1.54, 1.807) is 18.0 Å². The zero-order valence-electron chi connectivity index (χ0n) is 23.8. The van der Waals surface area contributed by atoms with Gasteiger partial charge < -0.3 is 25.6 Å². The molecule has 0 unspecified atom stereocenters. The number of thioether (sulfide) groups is 1. The van der Waals surface area contributed by atoms with E-state index in [9.17, 15) is 4.79 Å². The quantitative estimate of drug-likeness (QED) is 0.183. The van der Waals surface area contributed by atoms with Gasteiger partial charge in [-0.05, 0) is 69.6 Å². The number of benzene rings is 2. The molecule has 6 rings (SSSR count). The number of aromatic nitrogens is 4. The van der Waals surface area contributed by atoms with Crippen molar-refractivity contribution in [2.24, 2.45) is 0 Å². The van der Waals surface area contributed by atoms with Gasteiger partial charge >= 0.3 is 0 Å². The Morgan fingerprint density at radius 1 is 1.05 bits per heavy atom. The first-order valence-electron chi connectivity index (χ1n) is 14.2. The van der Waals surface area contributed by atoms with Crippen LogP contribution in [0.5, 0.6) is 5.75 Å². The number of fused-ring (bicyclic) bond motifs is 2.